The summed E-state index contributed by atoms with van der Waals surface area (Å²) >= 11 is 1.25. The van der Waals surface area contributed by atoms with E-state index in [2.05, 4.69) is 10.3 Å². The number of halogens is 1. The first-order valence-corrected chi connectivity index (χ1v) is 13.0. The highest BCUT2D eigenvalue weighted by molar-refractivity contribution is 8.15. The van der Waals surface area contributed by atoms with E-state index < -0.39 is 5.25 Å². The van der Waals surface area contributed by atoms with Gasteiger partial charge in [-0.3, -0.25) is 9.59 Å². The number of hydrogen-bond acceptors (Lipinski definition) is 5. The minimum atomic E-state index is -0.631. The maximum Gasteiger partial charge on any atom is 0.262 e. The number of nitrogens with one attached hydrogen (secondary N) is 1. The van der Waals surface area contributed by atoms with E-state index in [1.807, 2.05) is 63.2 Å². The fraction of sp³-hybridized carbons (Fsp3) is 0.241. The van der Waals surface area contributed by atoms with Crippen LogP contribution >= 0.6 is 11.8 Å². The molecule has 2 amide bonds. The van der Waals surface area contributed by atoms with Crippen LogP contribution in [-0.4, -0.2) is 33.0 Å². The third-order valence-corrected chi connectivity index (χ3v) is 7.78. The normalized spacial score (nSPS) is 19.1. The largest absolute Gasteiger partial charge is 0.326 e. The zero-order chi connectivity index (χ0) is 26.1. The number of amidine groups is 1. The van der Waals surface area contributed by atoms with Gasteiger partial charge in [-0.05, 0) is 67.3 Å². The molecule has 37 heavy (non-hydrogen) atoms. The van der Waals surface area contributed by atoms with Crippen molar-refractivity contribution < 1.29 is 14.0 Å². The van der Waals surface area contributed by atoms with Crippen LogP contribution in [0.4, 0.5) is 10.1 Å². The number of thioether (sulfide) groups is 1. The van der Waals surface area contributed by atoms with Crippen molar-refractivity contribution in [3.05, 3.63) is 100 Å². The zero-order valence-corrected chi connectivity index (χ0v) is 21.7. The number of carbonyl (C=O) groups excluding carboxylic acids is 2. The van der Waals surface area contributed by atoms with E-state index in [1.165, 1.54) is 23.9 Å². The van der Waals surface area contributed by atoms with Gasteiger partial charge in [-0.25, -0.2) is 9.40 Å². The lowest BCUT2D eigenvalue weighted by atomic mass is 9.98. The number of hydrogen-bond donors (Lipinski definition) is 1. The van der Waals surface area contributed by atoms with Crippen molar-refractivity contribution in [3.8, 4) is 0 Å². The molecule has 188 valence electrons. The molecule has 2 heterocycles. The second kappa shape index (κ2) is 10.3. The number of carbonyl (C=O) groups is 2. The topological polar surface area (TPSA) is 74.1 Å². The Balaban J connectivity index is 1.34. The van der Waals surface area contributed by atoms with Crippen LogP contribution in [0.1, 0.15) is 46.7 Å². The molecule has 0 bridgehead atoms. The molecule has 0 saturated carbocycles. The molecular formula is C29H27FN4O2S. The van der Waals surface area contributed by atoms with Crippen LogP contribution in [0, 0.1) is 26.6 Å². The predicted molar refractivity (Wildman–Crippen MR) is 146 cm³/mol. The summed E-state index contributed by atoms with van der Waals surface area (Å²) in [7, 11) is 0. The van der Waals surface area contributed by atoms with Crippen molar-refractivity contribution in [1.29, 1.82) is 0 Å². The molecule has 0 unspecified atom stereocenters. The summed E-state index contributed by atoms with van der Waals surface area (Å²) < 4.78 is 13.6. The summed E-state index contributed by atoms with van der Waals surface area (Å²) in [5.74, 6) is -0.913. The van der Waals surface area contributed by atoms with Crippen molar-refractivity contribution in [3.63, 3.8) is 0 Å². The molecule has 5 rings (SSSR count). The third-order valence-electron chi connectivity index (χ3n) is 6.64. The number of aryl methyl sites for hydroxylation is 3. The summed E-state index contributed by atoms with van der Waals surface area (Å²) in [5, 5.41) is 9.28. The van der Waals surface area contributed by atoms with Crippen LogP contribution in [0.3, 0.4) is 0 Å². The van der Waals surface area contributed by atoms with Gasteiger partial charge in [-0.1, -0.05) is 59.8 Å². The van der Waals surface area contributed by atoms with Crippen LogP contribution in [0.15, 0.2) is 76.8 Å². The van der Waals surface area contributed by atoms with E-state index in [9.17, 15) is 14.0 Å². The summed E-state index contributed by atoms with van der Waals surface area (Å²) in [6, 6.07) is 19.9. The first kappa shape index (κ1) is 24.9. The Kier molecular flexibility index (Phi) is 6.93. The molecule has 2 aliphatic rings. The summed E-state index contributed by atoms with van der Waals surface area (Å²) in [5.41, 5.74) is 6.80. The minimum absolute atomic E-state index is 0.00696. The van der Waals surface area contributed by atoms with Crippen molar-refractivity contribution in [1.82, 2.24) is 5.01 Å². The first-order chi connectivity index (χ1) is 17.8. The molecule has 0 spiro atoms. The molecule has 0 radical (unpaired) electrons. The number of anilines is 1. The Morgan fingerprint density at radius 1 is 1.03 bits per heavy atom. The molecule has 8 heteroatoms. The standard InChI is InChI=1S/C29H27FN4O2S/c1-17-4-7-20(8-5-17)24-15-25(21-9-11-22(30)12-10-21)34(33-24)29-32-28(36)26(37-29)16-27(35)31-23-13-6-18(2)19(3)14-23/h4-14,25-26H,15-16H2,1-3H3,(H,31,35)/t25-,26-/m0/s1. The smallest absolute Gasteiger partial charge is 0.262 e. The van der Waals surface area contributed by atoms with Gasteiger partial charge in [0.15, 0.2) is 5.17 Å². The van der Waals surface area contributed by atoms with Gasteiger partial charge >= 0.3 is 0 Å². The molecule has 0 saturated heterocycles. The molecule has 1 N–H and O–H groups in total. The summed E-state index contributed by atoms with van der Waals surface area (Å²) in [4.78, 5) is 29.8. The monoisotopic (exact) mass is 514 g/mol. The van der Waals surface area contributed by atoms with Crippen LogP contribution in [0.25, 0.3) is 0 Å². The average Bonchev–Trinajstić information content (AvgIpc) is 3.46. The highest BCUT2D eigenvalue weighted by Gasteiger charge is 2.39. The van der Waals surface area contributed by atoms with Crippen LogP contribution in [0.2, 0.25) is 0 Å². The highest BCUT2D eigenvalue weighted by atomic mass is 32.2. The first-order valence-electron chi connectivity index (χ1n) is 12.1. The Bertz CT molecular complexity index is 1420. The SMILES string of the molecule is Cc1ccc(C2=NN(C3=NC(=O)[C@H](CC(=O)Nc4ccc(C)c(C)c4)S3)[C@H](c3ccc(F)cc3)C2)cc1. The van der Waals surface area contributed by atoms with Gasteiger partial charge in [0.05, 0.1) is 11.8 Å². The number of hydrazone groups is 1. The molecule has 0 fully saturated rings. The van der Waals surface area contributed by atoms with E-state index in [-0.39, 0.29) is 30.1 Å². The molecule has 3 aromatic carbocycles. The van der Waals surface area contributed by atoms with Crippen molar-refractivity contribution in [2.24, 2.45) is 10.1 Å². The quantitative estimate of drug-likeness (QED) is 0.458. The molecule has 6 nitrogen and oxygen atoms in total. The van der Waals surface area contributed by atoms with Gasteiger partial charge in [-0.2, -0.15) is 10.1 Å². The average molecular weight is 515 g/mol. The van der Waals surface area contributed by atoms with Gasteiger partial charge in [0.2, 0.25) is 5.91 Å². The predicted octanol–water partition coefficient (Wildman–Crippen LogP) is 5.93. The van der Waals surface area contributed by atoms with Gasteiger partial charge in [0.1, 0.15) is 11.1 Å². The lowest BCUT2D eigenvalue weighted by Crippen LogP contribution is -2.25. The maximum atomic E-state index is 13.6. The molecule has 2 atom stereocenters. The van der Waals surface area contributed by atoms with Gasteiger partial charge in [0, 0.05) is 18.5 Å². The van der Waals surface area contributed by atoms with E-state index in [0.29, 0.717) is 17.3 Å². The Morgan fingerprint density at radius 3 is 2.46 bits per heavy atom. The highest BCUT2D eigenvalue weighted by Crippen LogP contribution is 2.38. The van der Waals surface area contributed by atoms with Crippen molar-refractivity contribution in [2.75, 3.05) is 5.32 Å². The fourth-order valence-electron chi connectivity index (χ4n) is 4.36. The molecule has 0 aromatic heterocycles. The molecule has 3 aromatic rings. The summed E-state index contributed by atoms with van der Waals surface area (Å²) in [6.07, 6.45) is 0.591. The Labute approximate surface area is 219 Å². The lowest BCUT2D eigenvalue weighted by molar-refractivity contribution is -0.121. The van der Waals surface area contributed by atoms with Gasteiger partial charge in [-0.15, -0.1) is 0 Å². The molecule has 0 aliphatic carbocycles. The van der Waals surface area contributed by atoms with Crippen molar-refractivity contribution >= 4 is 40.1 Å². The second-order valence-electron chi connectivity index (χ2n) is 9.42. The molecule has 2 aliphatic heterocycles. The van der Waals surface area contributed by atoms with Gasteiger partial charge in [0.25, 0.3) is 5.91 Å². The number of benzene rings is 3. The number of rotatable bonds is 5. The van der Waals surface area contributed by atoms with Crippen LogP contribution < -0.4 is 5.32 Å². The minimum Gasteiger partial charge on any atom is -0.326 e. The molecular weight excluding hydrogens is 487 g/mol. The van der Waals surface area contributed by atoms with E-state index >= 15 is 0 Å². The summed E-state index contributed by atoms with van der Waals surface area (Å²) in [6.45, 7) is 6.03. The Morgan fingerprint density at radius 2 is 1.76 bits per heavy atom. The number of nitrogens with zero attached hydrogens (tertiary/aromatic N) is 3. The third kappa shape index (κ3) is 5.49. The number of amides is 2. The van der Waals surface area contributed by atoms with Crippen LogP contribution in [-0.2, 0) is 9.59 Å². The maximum absolute atomic E-state index is 13.6. The Hall–Kier alpha value is -3.78. The van der Waals surface area contributed by atoms with Crippen LogP contribution in [0.5, 0.6) is 0 Å². The van der Waals surface area contributed by atoms with E-state index in [0.717, 1.165) is 33.5 Å². The van der Waals surface area contributed by atoms with E-state index in [1.54, 1.807) is 17.1 Å². The van der Waals surface area contributed by atoms with E-state index in [4.69, 9.17) is 5.10 Å². The van der Waals surface area contributed by atoms with Gasteiger partial charge < -0.3 is 5.32 Å². The lowest BCUT2D eigenvalue weighted by Gasteiger charge is -2.23. The fourth-order valence-corrected chi connectivity index (χ4v) is 5.42. The second-order valence-corrected chi connectivity index (χ2v) is 10.6. The zero-order valence-electron chi connectivity index (χ0n) is 20.9. The number of aliphatic imine (C=N–C) groups is 1. The van der Waals surface area contributed by atoms with Crippen molar-refractivity contribution in [2.45, 2.75) is 44.9 Å².